The Balaban J connectivity index is 2.97. The SMILES string of the molecule is CC(C)[C@H](N)C(=O)N(C(=O)OC(C)(C)C)C(C)COc1ccc(S(C)(=O)=O)cc1. The van der Waals surface area contributed by atoms with Crippen molar-refractivity contribution >= 4 is 21.8 Å². The lowest BCUT2D eigenvalue weighted by atomic mass is 10.0. The molecule has 0 saturated carbocycles. The molecule has 164 valence electrons. The molecular weight excluding hydrogens is 396 g/mol. The first-order valence-corrected chi connectivity index (χ1v) is 11.3. The summed E-state index contributed by atoms with van der Waals surface area (Å²) in [6, 6.07) is 4.38. The van der Waals surface area contributed by atoms with E-state index < -0.39 is 39.5 Å². The Morgan fingerprint density at radius 2 is 1.62 bits per heavy atom. The Morgan fingerprint density at radius 3 is 2.03 bits per heavy atom. The van der Waals surface area contributed by atoms with E-state index in [4.69, 9.17) is 15.2 Å². The molecule has 8 nitrogen and oxygen atoms in total. The number of carbonyl (C=O) groups excluding carboxylic acids is 2. The smallest absolute Gasteiger partial charge is 0.417 e. The zero-order valence-electron chi connectivity index (χ0n) is 18.1. The summed E-state index contributed by atoms with van der Waals surface area (Å²) >= 11 is 0. The van der Waals surface area contributed by atoms with E-state index in [2.05, 4.69) is 0 Å². The van der Waals surface area contributed by atoms with Crippen LogP contribution in [0.2, 0.25) is 0 Å². The molecule has 0 bridgehead atoms. The monoisotopic (exact) mass is 428 g/mol. The zero-order valence-corrected chi connectivity index (χ0v) is 18.9. The van der Waals surface area contributed by atoms with Crippen LogP contribution in [0.3, 0.4) is 0 Å². The minimum Gasteiger partial charge on any atom is -0.491 e. The molecule has 1 unspecified atom stereocenters. The summed E-state index contributed by atoms with van der Waals surface area (Å²) in [6.45, 7) is 10.4. The van der Waals surface area contributed by atoms with Crippen molar-refractivity contribution in [3.8, 4) is 5.75 Å². The van der Waals surface area contributed by atoms with E-state index in [1.54, 1.807) is 41.5 Å². The fourth-order valence-electron chi connectivity index (χ4n) is 2.32. The van der Waals surface area contributed by atoms with Crippen molar-refractivity contribution in [2.75, 3.05) is 12.9 Å². The molecule has 2 atom stereocenters. The summed E-state index contributed by atoms with van der Waals surface area (Å²) in [5.41, 5.74) is 5.19. The van der Waals surface area contributed by atoms with E-state index >= 15 is 0 Å². The zero-order chi connectivity index (χ0) is 22.6. The van der Waals surface area contributed by atoms with Gasteiger partial charge in [0.2, 0.25) is 5.91 Å². The van der Waals surface area contributed by atoms with Crippen LogP contribution in [0.1, 0.15) is 41.5 Å². The lowest BCUT2D eigenvalue weighted by Gasteiger charge is -2.32. The van der Waals surface area contributed by atoms with Crippen molar-refractivity contribution in [1.29, 1.82) is 0 Å². The maximum Gasteiger partial charge on any atom is 0.417 e. The van der Waals surface area contributed by atoms with E-state index in [1.807, 2.05) is 0 Å². The Hall–Kier alpha value is -2.13. The first-order valence-electron chi connectivity index (χ1n) is 9.38. The van der Waals surface area contributed by atoms with Gasteiger partial charge in [-0.3, -0.25) is 4.79 Å². The van der Waals surface area contributed by atoms with Gasteiger partial charge in [-0.05, 0) is 57.9 Å². The van der Waals surface area contributed by atoms with Crippen LogP contribution in [0.25, 0.3) is 0 Å². The third kappa shape index (κ3) is 7.66. The molecule has 2 amide bonds. The molecule has 0 aliphatic carbocycles. The average molecular weight is 429 g/mol. The minimum absolute atomic E-state index is 0.00593. The maximum absolute atomic E-state index is 12.8. The maximum atomic E-state index is 12.8. The van der Waals surface area contributed by atoms with Crippen LogP contribution in [0.5, 0.6) is 5.75 Å². The molecule has 1 aromatic carbocycles. The summed E-state index contributed by atoms with van der Waals surface area (Å²) in [5, 5.41) is 0. The van der Waals surface area contributed by atoms with E-state index in [1.165, 1.54) is 24.3 Å². The molecule has 0 radical (unpaired) electrons. The van der Waals surface area contributed by atoms with Gasteiger partial charge in [-0.2, -0.15) is 0 Å². The Labute approximate surface area is 173 Å². The van der Waals surface area contributed by atoms with Crippen molar-refractivity contribution in [1.82, 2.24) is 4.90 Å². The van der Waals surface area contributed by atoms with Gasteiger partial charge < -0.3 is 15.2 Å². The molecule has 0 saturated heterocycles. The summed E-state index contributed by atoms with van der Waals surface area (Å²) in [5.74, 6) is -0.295. The molecule has 0 heterocycles. The standard InChI is InChI=1S/C20H32N2O6S/c1-13(2)17(21)18(23)22(19(24)28-20(4,5)6)14(3)12-27-15-8-10-16(11-9-15)29(7,25)26/h8-11,13-14,17H,12,21H2,1-7H3/t14?,17-/m0/s1. The highest BCUT2D eigenvalue weighted by atomic mass is 32.2. The number of hydrogen-bond acceptors (Lipinski definition) is 7. The lowest BCUT2D eigenvalue weighted by Crippen LogP contribution is -2.55. The summed E-state index contributed by atoms with van der Waals surface area (Å²) in [4.78, 5) is 26.6. The molecule has 2 N–H and O–H groups in total. The fourth-order valence-corrected chi connectivity index (χ4v) is 2.95. The number of rotatable bonds is 7. The number of amides is 2. The van der Waals surface area contributed by atoms with E-state index in [0.717, 1.165) is 11.2 Å². The van der Waals surface area contributed by atoms with Crippen molar-refractivity contribution in [3.05, 3.63) is 24.3 Å². The van der Waals surface area contributed by atoms with Crippen LogP contribution in [0.4, 0.5) is 4.79 Å². The van der Waals surface area contributed by atoms with Crippen LogP contribution in [-0.4, -0.2) is 55.9 Å². The average Bonchev–Trinajstić information content (AvgIpc) is 2.57. The Kier molecular flexibility index (Phi) is 8.23. The first-order chi connectivity index (χ1) is 13.1. The molecular formula is C20H32N2O6S. The normalized spacial score (nSPS) is 14.2. The van der Waals surface area contributed by atoms with Gasteiger partial charge >= 0.3 is 6.09 Å². The van der Waals surface area contributed by atoms with Crippen LogP contribution >= 0.6 is 0 Å². The Bertz CT molecular complexity index is 812. The van der Waals surface area contributed by atoms with Crippen molar-refractivity contribution in [3.63, 3.8) is 0 Å². The van der Waals surface area contributed by atoms with Gasteiger partial charge in [0, 0.05) is 6.26 Å². The second-order valence-electron chi connectivity index (χ2n) is 8.36. The lowest BCUT2D eigenvalue weighted by molar-refractivity contribution is -0.135. The Morgan fingerprint density at radius 1 is 1.10 bits per heavy atom. The molecule has 0 fully saturated rings. The van der Waals surface area contributed by atoms with Crippen LogP contribution in [-0.2, 0) is 19.4 Å². The molecule has 0 aromatic heterocycles. The first kappa shape index (κ1) is 24.9. The van der Waals surface area contributed by atoms with Gasteiger partial charge in [-0.15, -0.1) is 0 Å². The number of nitrogens with two attached hydrogens (primary N) is 1. The molecule has 1 rings (SSSR count). The number of benzene rings is 1. The number of ether oxygens (including phenoxy) is 2. The second-order valence-corrected chi connectivity index (χ2v) is 10.4. The van der Waals surface area contributed by atoms with Gasteiger partial charge in [-0.1, -0.05) is 13.8 Å². The van der Waals surface area contributed by atoms with Crippen molar-refractivity contribution in [2.24, 2.45) is 11.7 Å². The summed E-state index contributed by atoms with van der Waals surface area (Å²) < 4.78 is 34.1. The van der Waals surface area contributed by atoms with Crippen molar-refractivity contribution < 1.29 is 27.5 Å². The molecule has 0 spiro atoms. The molecule has 1 aromatic rings. The van der Waals surface area contributed by atoms with Gasteiger partial charge in [0.15, 0.2) is 9.84 Å². The molecule has 0 aliphatic rings. The van der Waals surface area contributed by atoms with E-state index in [9.17, 15) is 18.0 Å². The van der Waals surface area contributed by atoms with Gasteiger partial charge in [0.1, 0.15) is 18.0 Å². The van der Waals surface area contributed by atoms with E-state index in [-0.39, 0.29) is 17.4 Å². The predicted molar refractivity (Wildman–Crippen MR) is 110 cm³/mol. The largest absolute Gasteiger partial charge is 0.491 e. The molecule has 9 heteroatoms. The minimum atomic E-state index is -3.31. The summed E-state index contributed by atoms with van der Waals surface area (Å²) in [7, 11) is -3.31. The topological polar surface area (TPSA) is 116 Å². The molecule has 0 aliphatic heterocycles. The summed E-state index contributed by atoms with van der Waals surface area (Å²) in [6.07, 6.45) is 0.329. The number of hydrogen-bond donors (Lipinski definition) is 1. The van der Waals surface area contributed by atoms with Crippen LogP contribution < -0.4 is 10.5 Å². The van der Waals surface area contributed by atoms with Gasteiger partial charge in [0.25, 0.3) is 0 Å². The number of nitrogens with zero attached hydrogens (tertiary/aromatic N) is 1. The highest BCUT2D eigenvalue weighted by molar-refractivity contribution is 7.90. The quantitative estimate of drug-likeness (QED) is 0.709. The number of carbonyl (C=O) groups is 2. The van der Waals surface area contributed by atoms with E-state index in [0.29, 0.717) is 5.75 Å². The molecule has 29 heavy (non-hydrogen) atoms. The fraction of sp³-hybridized carbons (Fsp3) is 0.600. The predicted octanol–water partition coefficient (Wildman–Crippen LogP) is 2.60. The number of sulfone groups is 1. The van der Waals surface area contributed by atoms with Crippen LogP contribution in [0.15, 0.2) is 29.2 Å². The van der Waals surface area contributed by atoms with Crippen LogP contribution in [0, 0.1) is 5.92 Å². The highest BCUT2D eigenvalue weighted by Gasteiger charge is 2.35. The van der Waals surface area contributed by atoms with Crippen molar-refractivity contribution in [2.45, 2.75) is 64.1 Å². The van der Waals surface area contributed by atoms with Gasteiger partial charge in [-0.25, -0.2) is 18.1 Å². The van der Waals surface area contributed by atoms with Gasteiger partial charge in [0.05, 0.1) is 17.0 Å². The highest BCUT2D eigenvalue weighted by Crippen LogP contribution is 2.18. The third-order valence-electron chi connectivity index (χ3n) is 4.01. The number of imide groups is 1. The second kappa shape index (κ2) is 9.58. The third-order valence-corrected chi connectivity index (χ3v) is 5.14.